The molecule has 291 valence electrons. The lowest BCUT2D eigenvalue weighted by Gasteiger charge is -2.07. The summed E-state index contributed by atoms with van der Waals surface area (Å²) in [7, 11) is 0. The van der Waals surface area contributed by atoms with Gasteiger partial charge in [-0.25, -0.2) is 14.6 Å². The van der Waals surface area contributed by atoms with Crippen molar-refractivity contribution in [2.75, 3.05) is 0 Å². The Balaban J connectivity index is 1.20. The van der Waals surface area contributed by atoms with Crippen LogP contribution in [0.5, 0.6) is 0 Å². The maximum Gasteiger partial charge on any atom is 0.0909 e. The van der Waals surface area contributed by atoms with Crippen LogP contribution in [0.15, 0.2) is 128 Å². The highest BCUT2D eigenvalue weighted by Gasteiger charge is 2.23. The zero-order valence-electron chi connectivity index (χ0n) is 33.8. The first-order chi connectivity index (χ1) is 29.9. The molecule has 5 nitrogen and oxygen atoms in total. The van der Waals surface area contributed by atoms with Gasteiger partial charge in [0.15, 0.2) is 0 Å². The van der Waals surface area contributed by atoms with E-state index in [9.17, 15) is 0 Å². The molecule has 2 aliphatic heterocycles. The molecule has 5 radical (unpaired) electrons. The van der Waals surface area contributed by atoms with Crippen molar-refractivity contribution in [3.05, 3.63) is 204 Å². The van der Waals surface area contributed by atoms with Crippen molar-refractivity contribution in [2.24, 2.45) is 0 Å². The van der Waals surface area contributed by atoms with Crippen molar-refractivity contribution in [3.8, 4) is 50.2 Å². The molecule has 1 fully saturated rings. The van der Waals surface area contributed by atoms with Gasteiger partial charge >= 0.3 is 0 Å². The summed E-state index contributed by atoms with van der Waals surface area (Å²) in [6.45, 7) is 6.40. The zero-order chi connectivity index (χ0) is 41.0. The summed E-state index contributed by atoms with van der Waals surface area (Å²) < 4.78 is 6.40. The number of aromatic nitrogens is 5. The summed E-state index contributed by atoms with van der Waals surface area (Å²) in [5.74, 6) is 1.05. The van der Waals surface area contributed by atoms with Crippen LogP contribution < -0.4 is 0 Å². The van der Waals surface area contributed by atoms with E-state index in [1.54, 1.807) is 22.7 Å². The number of thiophene rings is 2. The van der Waals surface area contributed by atoms with Crippen LogP contribution in [-0.2, 0) is 0 Å². The van der Waals surface area contributed by atoms with Crippen LogP contribution in [0.4, 0.5) is 0 Å². The second-order valence-corrected chi connectivity index (χ2v) is 17.8. The molecule has 8 aromatic rings. The third-order valence-corrected chi connectivity index (χ3v) is 13.6. The molecule has 4 aromatic carbocycles. The Morgan fingerprint density at radius 2 is 0.754 bits per heavy atom. The van der Waals surface area contributed by atoms with Gasteiger partial charge in [0.05, 0.1) is 40.4 Å². The monoisotopic (exact) mass is 820 g/mol. The van der Waals surface area contributed by atoms with Crippen molar-refractivity contribution >= 4 is 65.8 Å². The third-order valence-electron chi connectivity index (χ3n) is 11.4. The fourth-order valence-electron chi connectivity index (χ4n) is 8.17. The van der Waals surface area contributed by atoms with Crippen LogP contribution in [0, 0.1) is 52.4 Å². The normalized spacial score (nSPS) is 13.7. The van der Waals surface area contributed by atoms with Crippen LogP contribution >= 0.6 is 22.7 Å². The van der Waals surface area contributed by atoms with Gasteiger partial charge in [-0.3, -0.25) is 0 Å². The first-order valence-electron chi connectivity index (χ1n) is 20.4. The molecule has 0 saturated heterocycles. The Morgan fingerprint density at radius 3 is 1.11 bits per heavy atom. The summed E-state index contributed by atoms with van der Waals surface area (Å²) in [6, 6.07) is 44.0. The zero-order valence-corrected chi connectivity index (χ0v) is 35.4. The number of hydrogen-bond acceptors (Lipinski definition) is 6. The maximum absolute atomic E-state index is 5.53. The quantitative estimate of drug-likeness (QED) is 0.168. The van der Waals surface area contributed by atoms with Gasteiger partial charge in [0.25, 0.3) is 0 Å². The molecule has 0 N–H and O–H groups in total. The van der Waals surface area contributed by atoms with E-state index in [2.05, 4.69) is 190 Å². The number of aryl methyl sites for hydroxylation is 3. The van der Waals surface area contributed by atoms with Crippen molar-refractivity contribution in [1.29, 1.82) is 0 Å². The molecule has 11 rings (SSSR count). The van der Waals surface area contributed by atoms with Gasteiger partial charge in [-0.05, 0) is 129 Å². The minimum atomic E-state index is 0.843. The highest BCUT2D eigenvalue weighted by Crippen LogP contribution is 2.43. The standard InChI is InChI=1S/C54H38N5S2/c1-33-8-14-37(15-9-33)51-42-24-25-43(55-42)52(38-16-10-34(2)11-17-38)49-30-31-50(61-49)54(40-20-22-41(23-21-40)59-32-46(57-58-59)36-6-4-5-7-36)45-27-26-44(56-45)53(48-29-28-47(51)60-48)39-18-12-35(3)13-19-39/h4-32H,1-3H3. The Morgan fingerprint density at radius 1 is 0.410 bits per heavy atom. The number of nitrogens with zero attached hydrogens (tertiary/aromatic N) is 5. The van der Waals surface area contributed by atoms with Crippen LogP contribution in [0.1, 0.15) is 45.2 Å². The van der Waals surface area contributed by atoms with Crippen LogP contribution in [0.3, 0.4) is 0 Å². The Hall–Kier alpha value is -6.54. The van der Waals surface area contributed by atoms with Crippen molar-refractivity contribution in [2.45, 2.75) is 20.8 Å². The maximum atomic E-state index is 5.53. The lowest BCUT2D eigenvalue weighted by molar-refractivity contribution is 0.800. The average molecular weight is 821 g/mol. The van der Waals surface area contributed by atoms with E-state index in [1.807, 2.05) is 23.7 Å². The second kappa shape index (κ2) is 15.5. The molecule has 8 bridgehead atoms. The summed E-state index contributed by atoms with van der Waals surface area (Å²) in [6.07, 6.45) is 18.9. The summed E-state index contributed by atoms with van der Waals surface area (Å²) >= 11 is 3.57. The molecule has 1 aliphatic carbocycles. The molecule has 6 heterocycles. The van der Waals surface area contributed by atoms with Gasteiger partial charge in [-0.2, -0.15) is 0 Å². The minimum absolute atomic E-state index is 0.843. The van der Waals surface area contributed by atoms with Crippen molar-refractivity contribution < 1.29 is 0 Å². The largest absolute Gasteiger partial charge is 0.248 e. The lowest BCUT2D eigenvalue weighted by atomic mass is 10.0. The molecule has 3 aliphatic rings. The number of benzene rings is 4. The smallest absolute Gasteiger partial charge is 0.0909 e. The van der Waals surface area contributed by atoms with E-state index >= 15 is 0 Å². The molecule has 7 heteroatoms. The highest BCUT2D eigenvalue weighted by atomic mass is 32.1. The van der Waals surface area contributed by atoms with Crippen molar-refractivity contribution in [1.82, 2.24) is 25.0 Å². The van der Waals surface area contributed by atoms with Gasteiger partial charge in [-0.1, -0.05) is 107 Å². The number of hydrogen-bond donors (Lipinski definition) is 0. The Labute approximate surface area is 364 Å². The topological polar surface area (TPSA) is 56.5 Å². The van der Waals surface area contributed by atoms with Crippen LogP contribution in [-0.4, -0.2) is 25.0 Å². The lowest BCUT2D eigenvalue weighted by Crippen LogP contribution is -1.95. The predicted octanol–water partition coefficient (Wildman–Crippen LogP) is 14.0. The predicted molar refractivity (Wildman–Crippen MR) is 256 cm³/mol. The van der Waals surface area contributed by atoms with E-state index in [-0.39, 0.29) is 0 Å². The molecule has 0 atom stereocenters. The molecular formula is C54H38N5S2. The molecule has 0 amide bonds. The van der Waals surface area contributed by atoms with Gasteiger partial charge < -0.3 is 0 Å². The van der Waals surface area contributed by atoms with E-state index < -0.39 is 0 Å². The third kappa shape index (κ3) is 7.07. The molecule has 0 spiro atoms. The molecular weight excluding hydrogens is 783 g/mol. The minimum Gasteiger partial charge on any atom is -0.248 e. The first kappa shape index (κ1) is 37.5. The van der Waals surface area contributed by atoms with E-state index in [4.69, 9.17) is 9.97 Å². The van der Waals surface area contributed by atoms with Gasteiger partial charge in [0.2, 0.25) is 0 Å². The molecule has 61 heavy (non-hydrogen) atoms. The van der Waals surface area contributed by atoms with E-state index in [1.165, 1.54) is 16.7 Å². The Kier molecular flexibility index (Phi) is 9.51. The fourth-order valence-corrected chi connectivity index (χ4v) is 10.5. The highest BCUT2D eigenvalue weighted by molar-refractivity contribution is 7.24. The number of fused-ring (bicyclic) bond motifs is 8. The number of rotatable bonds is 6. The molecule has 4 aromatic heterocycles. The van der Waals surface area contributed by atoms with E-state index in [0.717, 1.165) is 103 Å². The first-order valence-corrected chi connectivity index (χ1v) is 22.0. The van der Waals surface area contributed by atoms with Crippen LogP contribution in [0.25, 0.3) is 93.3 Å². The van der Waals surface area contributed by atoms with Crippen LogP contribution in [0.2, 0.25) is 0 Å². The summed E-state index contributed by atoms with van der Waals surface area (Å²) in [5, 5.41) is 8.92. The SMILES string of the molecule is Cc1ccc(-c2c3nc(c(-c4ccc(C)cc4)c4ccc(s4)c(-c4ccc(-n5cc([C]6[CH][CH][CH][CH]6)nn5)cc4)c4nc(c(-c5ccc(C)cc5)c5ccc2s5)C=C4)C=C3)cc1. The van der Waals surface area contributed by atoms with Gasteiger partial charge in [0, 0.05) is 47.0 Å². The molecule has 0 unspecified atom stereocenters. The average Bonchev–Trinajstić information content (AvgIpc) is 4.13. The fraction of sp³-hybridized carbons (Fsp3) is 0.0556. The molecule has 1 saturated carbocycles. The van der Waals surface area contributed by atoms with E-state index in [0.29, 0.717) is 0 Å². The summed E-state index contributed by atoms with van der Waals surface area (Å²) in [4.78, 5) is 11.0. The second-order valence-electron chi connectivity index (χ2n) is 15.6. The Bertz CT molecular complexity index is 3150. The van der Waals surface area contributed by atoms with Gasteiger partial charge in [0.1, 0.15) is 0 Å². The summed E-state index contributed by atoms with van der Waals surface area (Å²) in [5.41, 5.74) is 18.1. The van der Waals surface area contributed by atoms with Crippen molar-refractivity contribution in [3.63, 3.8) is 0 Å². The van der Waals surface area contributed by atoms with Gasteiger partial charge in [-0.15, -0.1) is 27.8 Å².